The van der Waals surface area contributed by atoms with Crippen molar-refractivity contribution < 1.29 is 19.7 Å². The van der Waals surface area contributed by atoms with E-state index in [-0.39, 0.29) is 10.5 Å². The first-order valence-corrected chi connectivity index (χ1v) is 10.8. The van der Waals surface area contributed by atoms with Gasteiger partial charge in [-0.05, 0) is 55.2 Å². The molecule has 0 amide bonds. The Morgan fingerprint density at radius 3 is 2.46 bits per heavy atom. The summed E-state index contributed by atoms with van der Waals surface area (Å²) in [5.74, 6) is 1.68. The molecule has 1 aliphatic rings. The van der Waals surface area contributed by atoms with E-state index in [0.717, 1.165) is 29.0 Å². The van der Waals surface area contributed by atoms with Gasteiger partial charge in [0.05, 0.1) is 31.2 Å². The van der Waals surface area contributed by atoms with Crippen molar-refractivity contribution in [2.45, 2.75) is 56.3 Å². The lowest BCUT2D eigenvalue weighted by molar-refractivity contribution is 0.0705. The van der Waals surface area contributed by atoms with Crippen LogP contribution < -0.4 is 9.47 Å². The molecule has 2 N–H and O–H groups in total. The van der Waals surface area contributed by atoms with Crippen molar-refractivity contribution in [3.8, 4) is 11.5 Å². The molecular weight excluding hydrogens is 372 g/mol. The summed E-state index contributed by atoms with van der Waals surface area (Å²) in [4.78, 5) is 0. The molecule has 5 heteroatoms. The molecule has 0 spiro atoms. The van der Waals surface area contributed by atoms with Crippen LogP contribution in [0.15, 0.2) is 36.4 Å². The maximum Gasteiger partial charge on any atom is 0.123 e. The van der Waals surface area contributed by atoms with Gasteiger partial charge < -0.3 is 19.7 Å². The van der Waals surface area contributed by atoms with Gasteiger partial charge in [-0.1, -0.05) is 25.1 Å². The number of hydrogen-bond donors (Lipinski definition) is 2. The molecule has 0 radical (unpaired) electrons. The highest BCUT2D eigenvalue weighted by atomic mass is 32.2. The number of aliphatic hydroxyl groups excluding tert-OH is 2. The molecule has 1 aliphatic heterocycles. The monoisotopic (exact) mass is 402 g/mol. The van der Waals surface area contributed by atoms with E-state index in [0.29, 0.717) is 13.0 Å². The molecule has 3 rings (SSSR count). The summed E-state index contributed by atoms with van der Waals surface area (Å²) in [5, 5.41) is 20.7. The normalized spacial score (nSPS) is 24.8. The first kappa shape index (κ1) is 21.0. The topological polar surface area (TPSA) is 58.9 Å². The summed E-state index contributed by atoms with van der Waals surface area (Å²) < 4.78 is 11.2. The van der Waals surface area contributed by atoms with E-state index in [9.17, 15) is 10.2 Å². The van der Waals surface area contributed by atoms with Crippen molar-refractivity contribution in [3.05, 3.63) is 58.7 Å². The van der Waals surface area contributed by atoms with Gasteiger partial charge in [0, 0.05) is 17.2 Å². The van der Waals surface area contributed by atoms with E-state index in [1.807, 2.05) is 26.0 Å². The molecule has 152 valence electrons. The predicted molar refractivity (Wildman–Crippen MR) is 115 cm³/mol. The fourth-order valence-corrected chi connectivity index (χ4v) is 5.06. The van der Waals surface area contributed by atoms with E-state index in [2.05, 4.69) is 31.2 Å². The van der Waals surface area contributed by atoms with Crippen LogP contribution in [0.1, 0.15) is 47.8 Å². The standard InChI is InChI=1S/C23H30O4S/c1-5-27-18-8-6-16(7-9-18)11-17-12-19(22(26-4)10-14(17)2)23-21(25)13-20(24)15(3)28-23/h6-10,12,15,20-21,23-25H,5,11,13H2,1-4H3/t15-,20+,21-,23+/m1/s1. The number of benzene rings is 2. The Kier molecular flexibility index (Phi) is 6.91. The van der Waals surface area contributed by atoms with E-state index in [1.54, 1.807) is 18.9 Å². The van der Waals surface area contributed by atoms with Gasteiger partial charge in [-0.25, -0.2) is 0 Å². The van der Waals surface area contributed by atoms with Gasteiger partial charge in [0.15, 0.2) is 0 Å². The van der Waals surface area contributed by atoms with E-state index in [4.69, 9.17) is 9.47 Å². The van der Waals surface area contributed by atoms with Crippen LogP contribution in [0.25, 0.3) is 0 Å². The average Bonchev–Trinajstić information content (AvgIpc) is 2.68. The number of hydrogen-bond acceptors (Lipinski definition) is 5. The smallest absolute Gasteiger partial charge is 0.123 e. The maximum absolute atomic E-state index is 10.6. The molecule has 1 heterocycles. The predicted octanol–water partition coefficient (Wildman–Crippen LogP) is 4.28. The Bertz CT molecular complexity index is 790. The van der Waals surface area contributed by atoms with Gasteiger partial charge in [0.2, 0.25) is 0 Å². The summed E-state index contributed by atoms with van der Waals surface area (Å²) in [6.45, 7) is 6.74. The third-order valence-electron chi connectivity index (χ3n) is 5.36. The largest absolute Gasteiger partial charge is 0.496 e. The molecule has 0 bridgehead atoms. The van der Waals surface area contributed by atoms with Gasteiger partial charge in [-0.2, -0.15) is 0 Å². The molecule has 2 aromatic carbocycles. The minimum Gasteiger partial charge on any atom is -0.496 e. The molecule has 0 aromatic heterocycles. The zero-order valence-electron chi connectivity index (χ0n) is 17.0. The van der Waals surface area contributed by atoms with Crippen molar-refractivity contribution >= 4 is 11.8 Å². The molecule has 1 fully saturated rings. The number of aliphatic hydroxyl groups is 2. The Morgan fingerprint density at radius 2 is 1.82 bits per heavy atom. The minimum atomic E-state index is -0.592. The van der Waals surface area contributed by atoms with Crippen LogP contribution in [0, 0.1) is 6.92 Å². The Morgan fingerprint density at radius 1 is 1.11 bits per heavy atom. The second-order valence-corrected chi connectivity index (χ2v) is 8.93. The van der Waals surface area contributed by atoms with Crippen molar-refractivity contribution in [1.82, 2.24) is 0 Å². The number of aryl methyl sites for hydroxylation is 1. The second kappa shape index (κ2) is 9.21. The molecule has 1 saturated heterocycles. The molecule has 0 unspecified atom stereocenters. The highest BCUT2D eigenvalue weighted by Gasteiger charge is 2.36. The highest BCUT2D eigenvalue weighted by molar-refractivity contribution is 8.00. The van der Waals surface area contributed by atoms with Crippen LogP contribution in [0.3, 0.4) is 0 Å². The first-order chi connectivity index (χ1) is 13.4. The molecule has 0 saturated carbocycles. The second-order valence-electron chi connectivity index (χ2n) is 7.41. The fraction of sp³-hybridized carbons (Fsp3) is 0.478. The molecule has 28 heavy (non-hydrogen) atoms. The van der Waals surface area contributed by atoms with Gasteiger partial charge >= 0.3 is 0 Å². The number of methoxy groups -OCH3 is 1. The molecule has 4 atom stereocenters. The summed E-state index contributed by atoms with van der Waals surface area (Å²) in [6, 6.07) is 12.4. The Hall–Kier alpha value is -1.69. The first-order valence-electron chi connectivity index (χ1n) is 9.83. The van der Waals surface area contributed by atoms with Crippen LogP contribution in [0.5, 0.6) is 11.5 Å². The number of rotatable bonds is 6. The summed E-state index contributed by atoms with van der Waals surface area (Å²) in [6.07, 6.45) is 0.132. The zero-order chi connectivity index (χ0) is 20.3. The Balaban J connectivity index is 1.89. The van der Waals surface area contributed by atoms with E-state index in [1.165, 1.54) is 11.1 Å². The van der Waals surface area contributed by atoms with E-state index < -0.39 is 12.2 Å². The lowest BCUT2D eigenvalue weighted by Crippen LogP contribution is -2.35. The van der Waals surface area contributed by atoms with Crippen LogP contribution in [0.2, 0.25) is 0 Å². The number of ether oxygens (including phenoxy) is 2. The average molecular weight is 403 g/mol. The lowest BCUT2D eigenvalue weighted by Gasteiger charge is -2.36. The van der Waals surface area contributed by atoms with E-state index >= 15 is 0 Å². The summed E-state index contributed by atoms with van der Waals surface area (Å²) >= 11 is 1.62. The van der Waals surface area contributed by atoms with Gasteiger partial charge in [0.1, 0.15) is 11.5 Å². The van der Waals surface area contributed by atoms with Crippen molar-refractivity contribution in [2.24, 2.45) is 0 Å². The van der Waals surface area contributed by atoms with Crippen molar-refractivity contribution in [2.75, 3.05) is 13.7 Å². The zero-order valence-corrected chi connectivity index (χ0v) is 17.8. The van der Waals surface area contributed by atoms with Gasteiger partial charge in [-0.15, -0.1) is 11.8 Å². The van der Waals surface area contributed by atoms with Crippen LogP contribution in [-0.4, -0.2) is 41.4 Å². The number of thioether (sulfide) groups is 1. The lowest BCUT2D eigenvalue weighted by atomic mass is 9.93. The third kappa shape index (κ3) is 4.65. The van der Waals surface area contributed by atoms with Gasteiger partial charge in [0.25, 0.3) is 0 Å². The van der Waals surface area contributed by atoms with Crippen molar-refractivity contribution in [3.63, 3.8) is 0 Å². The summed E-state index contributed by atoms with van der Waals surface area (Å²) in [7, 11) is 1.67. The van der Waals surface area contributed by atoms with Crippen molar-refractivity contribution in [1.29, 1.82) is 0 Å². The van der Waals surface area contributed by atoms with Crippen LogP contribution >= 0.6 is 11.8 Å². The third-order valence-corrected chi connectivity index (χ3v) is 6.96. The molecular formula is C23H30O4S. The SMILES string of the molecule is CCOc1ccc(Cc2cc([C@@H]3S[C@H](C)[C@@H](O)C[C@H]3O)c(OC)cc2C)cc1. The van der Waals surface area contributed by atoms with Crippen LogP contribution in [-0.2, 0) is 6.42 Å². The molecule has 0 aliphatic carbocycles. The minimum absolute atomic E-state index is 0.0777. The molecule has 4 nitrogen and oxygen atoms in total. The van der Waals surface area contributed by atoms with Crippen LogP contribution in [0.4, 0.5) is 0 Å². The quantitative estimate of drug-likeness (QED) is 0.755. The summed E-state index contributed by atoms with van der Waals surface area (Å²) in [5.41, 5.74) is 4.60. The fourth-order valence-electron chi connectivity index (χ4n) is 3.68. The van der Waals surface area contributed by atoms with Gasteiger partial charge in [-0.3, -0.25) is 0 Å². The molecule has 2 aromatic rings. The highest BCUT2D eigenvalue weighted by Crippen LogP contribution is 2.46. The maximum atomic E-state index is 10.6. The Labute approximate surface area is 171 Å².